The Kier molecular flexibility index (Phi) is 8.10. The molecule has 1 aromatic carbocycles. The van der Waals surface area contributed by atoms with Crippen molar-refractivity contribution in [3.63, 3.8) is 0 Å². The third-order valence-electron chi connectivity index (χ3n) is 6.82. The highest BCUT2D eigenvalue weighted by atomic mass is 28.3. The predicted molar refractivity (Wildman–Crippen MR) is 107 cm³/mol. The van der Waals surface area contributed by atoms with Crippen molar-refractivity contribution in [3.05, 3.63) is 29.8 Å². The number of hydrogen-bond acceptors (Lipinski definition) is 1. The largest absolute Gasteiger partial charge is 0.493 e. The molecule has 1 heterocycles. The summed E-state index contributed by atoms with van der Waals surface area (Å²) in [6, 6.07) is 8.05. The van der Waals surface area contributed by atoms with Crippen LogP contribution in [0.5, 0.6) is 5.75 Å². The van der Waals surface area contributed by atoms with Crippen LogP contribution in [-0.2, 0) is 0 Å². The highest BCUT2D eigenvalue weighted by molar-refractivity contribution is 6.58. The summed E-state index contributed by atoms with van der Waals surface area (Å²) in [5.41, 5.74) is 0. The molecule has 1 aliphatic heterocycles. The molecule has 27 heavy (non-hydrogen) atoms. The van der Waals surface area contributed by atoms with Gasteiger partial charge in [-0.3, -0.25) is 4.39 Å². The lowest BCUT2D eigenvalue weighted by Gasteiger charge is -2.37. The Morgan fingerprint density at radius 3 is 2.26 bits per heavy atom. The van der Waals surface area contributed by atoms with Gasteiger partial charge in [-0.25, -0.2) is 8.78 Å². The molecular weight excluding hydrogens is 365 g/mol. The van der Waals surface area contributed by atoms with Gasteiger partial charge in [0.2, 0.25) is 0 Å². The Morgan fingerprint density at radius 2 is 1.59 bits per heavy atom. The zero-order chi connectivity index (χ0) is 19.1. The molecule has 1 aromatic rings. The highest BCUT2D eigenvalue weighted by Crippen LogP contribution is 2.41. The molecule has 0 atom stereocenters. The van der Waals surface area contributed by atoms with Crippen molar-refractivity contribution in [2.75, 3.05) is 13.3 Å². The number of alkyl halides is 1. The van der Waals surface area contributed by atoms with Crippen LogP contribution in [0, 0.1) is 29.4 Å². The van der Waals surface area contributed by atoms with Crippen molar-refractivity contribution < 1.29 is 17.9 Å². The molecule has 1 saturated carbocycles. The fraction of sp³-hybridized carbons (Fsp3) is 0.727. The third-order valence-corrected chi connectivity index (χ3v) is 10.3. The van der Waals surface area contributed by atoms with Gasteiger partial charge in [-0.2, -0.15) is 0 Å². The molecular formula is C22H33F3OSi. The summed E-state index contributed by atoms with van der Waals surface area (Å²) in [5.74, 6) is 1.05. The van der Waals surface area contributed by atoms with Gasteiger partial charge in [0.25, 0.3) is 0 Å². The molecule has 1 aliphatic carbocycles. The predicted octanol–water partition coefficient (Wildman–Crippen LogP) is 6.54. The summed E-state index contributed by atoms with van der Waals surface area (Å²) in [5, 5.41) is 0. The second-order valence-electron chi connectivity index (χ2n) is 8.63. The number of halogens is 3. The monoisotopic (exact) mass is 398 g/mol. The van der Waals surface area contributed by atoms with E-state index < -0.39 is 20.4 Å². The van der Waals surface area contributed by atoms with Gasteiger partial charge < -0.3 is 4.74 Å². The van der Waals surface area contributed by atoms with Gasteiger partial charge in [-0.1, -0.05) is 37.4 Å². The molecule has 1 nitrogen and oxygen atoms in total. The van der Waals surface area contributed by atoms with Gasteiger partial charge in [-0.15, -0.1) is 0 Å². The molecule has 0 unspecified atom stereocenters. The van der Waals surface area contributed by atoms with Crippen LogP contribution in [-0.4, -0.2) is 22.1 Å². The maximum absolute atomic E-state index is 13.2. The molecule has 0 spiro atoms. The number of rotatable bonds is 8. The maximum Gasteiger partial charge on any atom is 0.162 e. The summed E-state index contributed by atoms with van der Waals surface area (Å²) in [6.45, 7) is 0.457. The zero-order valence-electron chi connectivity index (χ0n) is 16.3. The number of hydrogen-bond donors (Lipinski definition) is 0. The molecule has 5 heteroatoms. The van der Waals surface area contributed by atoms with Crippen LogP contribution in [0.25, 0.3) is 0 Å². The number of ether oxygens (including phenoxy) is 1. The lowest BCUT2D eigenvalue weighted by Crippen LogP contribution is -2.29. The molecule has 2 fully saturated rings. The summed E-state index contributed by atoms with van der Waals surface area (Å²) in [7, 11) is -0.561. The minimum atomic E-state index is -0.847. The van der Waals surface area contributed by atoms with Crippen molar-refractivity contribution in [2.24, 2.45) is 17.8 Å². The van der Waals surface area contributed by atoms with Crippen LogP contribution in [0.2, 0.25) is 18.1 Å². The summed E-state index contributed by atoms with van der Waals surface area (Å²) in [6.07, 6.45) is 9.63. The Bertz CT molecular complexity index is 567. The average molecular weight is 399 g/mol. The van der Waals surface area contributed by atoms with Crippen molar-refractivity contribution in [3.8, 4) is 5.75 Å². The Labute approximate surface area is 163 Å². The van der Waals surface area contributed by atoms with Gasteiger partial charge in [0.15, 0.2) is 11.6 Å². The summed E-state index contributed by atoms with van der Waals surface area (Å²) >= 11 is 0. The first-order valence-corrected chi connectivity index (χ1v) is 13.2. The number of unbranched alkanes of at least 4 members (excludes halogenated alkanes) is 1. The van der Waals surface area contributed by atoms with Gasteiger partial charge in [0, 0.05) is 14.9 Å². The minimum absolute atomic E-state index is 0.146. The molecule has 152 valence electrons. The van der Waals surface area contributed by atoms with Crippen LogP contribution in [0.4, 0.5) is 13.2 Å². The van der Waals surface area contributed by atoms with E-state index >= 15 is 0 Å². The minimum Gasteiger partial charge on any atom is -0.493 e. The van der Waals surface area contributed by atoms with Crippen molar-refractivity contribution in [2.45, 2.75) is 69.5 Å². The van der Waals surface area contributed by atoms with E-state index in [0.717, 1.165) is 36.8 Å². The van der Waals surface area contributed by atoms with Crippen LogP contribution in [0.3, 0.4) is 0 Å². The zero-order valence-corrected chi connectivity index (χ0v) is 17.4. The van der Waals surface area contributed by atoms with Crippen LogP contribution < -0.4 is 4.74 Å². The Hall–Kier alpha value is -0.973. The van der Waals surface area contributed by atoms with E-state index in [1.807, 2.05) is 0 Å². The second kappa shape index (κ2) is 10.5. The summed E-state index contributed by atoms with van der Waals surface area (Å²) < 4.78 is 44.2. The molecule has 0 bridgehead atoms. The number of benzene rings is 1. The van der Waals surface area contributed by atoms with E-state index in [2.05, 4.69) is 0 Å². The van der Waals surface area contributed by atoms with Crippen LogP contribution >= 0.6 is 0 Å². The SMILES string of the molecule is FCCCC[SiH]1CCC([C@H]2CC[C@H](COc3ccc(F)c(F)c3)CC2)CC1. The molecule has 0 aromatic heterocycles. The average Bonchev–Trinajstić information content (AvgIpc) is 2.70. The fourth-order valence-corrected chi connectivity index (χ4v) is 8.61. The van der Waals surface area contributed by atoms with Crippen molar-refractivity contribution in [1.82, 2.24) is 0 Å². The van der Waals surface area contributed by atoms with Crippen molar-refractivity contribution in [1.29, 1.82) is 0 Å². The smallest absolute Gasteiger partial charge is 0.162 e. The van der Waals surface area contributed by atoms with Crippen LogP contribution in [0.1, 0.15) is 51.4 Å². The van der Waals surface area contributed by atoms with E-state index in [1.54, 1.807) is 0 Å². The Morgan fingerprint density at radius 1 is 0.889 bits per heavy atom. The molecule has 3 rings (SSSR count). The first-order chi connectivity index (χ1) is 13.2. The third kappa shape index (κ3) is 6.26. The van der Waals surface area contributed by atoms with E-state index in [4.69, 9.17) is 4.74 Å². The molecule has 1 saturated heterocycles. The fourth-order valence-electron chi connectivity index (χ4n) is 5.08. The summed E-state index contributed by atoms with van der Waals surface area (Å²) in [4.78, 5) is 0. The van der Waals surface area contributed by atoms with Gasteiger partial charge >= 0.3 is 0 Å². The lowest BCUT2D eigenvalue weighted by molar-refractivity contribution is 0.147. The first kappa shape index (κ1) is 20.8. The van der Waals surface area contributed by atoms with E-state index in [9.17, 15) is 13.2 Å². The van der Waals surface area contributed by atoms with E-state index in [0.29, 0.717) is 18.3 Å². The van der Waals surface area contributed by atoms with Crippen LogP contribution in [0.15, 0.2) is 18.2 Å². The standard InChI is InChI=1S/C22H33F3OSi/c23-11-1-2-12-27-13-9-19(10-14-27)18-5-3-17(4-6-18)16-26-20-7-8-21(24)22(25)15-20/h7-8,15,17-19,27H,1-6,9-14,16H2/t17-,18-,19?,27?. The van der Waals surface area contributed by atoms with E-state index in [1.165, 1.54) is 62.7 Å². The highest BCUT2D eigenvalue weighted by Gasteiger charge is 2.31. The van der Waals surface area contributed by atoms with Gasteiger partial charge in [0.1, 0.15) is 5.75 Å². The Balaban J connectivity index is 1.34. The first-order valence-electron chi connectivity index (χ1n) is 10.8. The maximum atomic E-state index is 13.2. The molecule has 2 aliphatic rings. The topological polar surface area (TPSA) is 9.23 Å². The van der Waals surface area contributed by atoms with Gasteiger partial charge in [-0.05, 0) is 62.0 Å². The quantitative estimate of drug-likeness (QED) is 0.357. The molecule has 0 amide bonds. The molecule has 0 radical (unpaired) electrons. The normalized spacial score (nSPS) is 28.9. The van der Waals surface area contributed by atoms with E-state index in [-0.39, 0.29) is 6.67 Å². The lowest BCUT2D eigenvalue weighted by atomic mass is 9.74. The van der Waals surface area contributed by atoms with Crippen molar-refractivity contribution >= 4 is 8.80 Å². The molecule has 0 N–H and O–H groups in total. The second-order valence-corrected chi connectivity index (χ2v) is 12.1. The van der Waals surface area contributed by atoms with Gasteiger partial charge in [0.05, 0.1) is 13.3 Å².